The second-order valence-corrected chi connectivity index (χ2v) is 5.40. The molecule has 0 aliphatic heterocycles. The summed E-state index contributed by atoms with van der Waals surface area (Å²) in [5, 5.41) is 9.15. The van der Waals surface area contributed by atoms with Gasteiger partial charge in [0.05, 0.1) is 12.3 Å². The van der Waals surface area contributed by atoms with Gasteiger partial charge in [-0.25, -0.2) is 4.39 Å². The molecule has 3 nitrogen and oxygen atoms in total. The molecule has 0 bridgehead atoms. The summed E-state index contributed by atoms with van der Waals surface area (Å²) < 4.78 is 13.8. The molecule has 1 aromatic carbocycles. The van der Waals surface area contributed by atoms with Gasteiger partial charge in [0, 0.05) is 17.8 Å². The zero-order chi connectivity index (χ0) is 13.9. The molecule has 18 heavy (non-hydrogen) atoms. The molecule has 0 spiro atoms. The monoisotopic (exact) mass is 254 g/mol. The maximum absolute atomic E-state index is 13.8. The maximum atomic E-state index is 13.8. The van der Waals surface area contributed by atoms with Crippen LogP contribution in [0.1, 0.15) is 33.3 Å². The number of benzene rings is 1. The summed E-state index contributed by atoms with van der Waals surface area (Å²) in [5.41, 5.74) is 7.31. The van der Waals surface area contributed by atoms with Gasteiger partial charge in [-0.15, -0.1) is 0 Å². The Balaban J connectivity index is 3.25. The van der Waals surface area contributed by atoms with Crippen molar-refractivity contribution in [3.05, 3.63) is 23.5 Å². The first-order chi connectivity index (χ1) is 8.31. The second kappa shape index (κ2) is 5.57. The minimum absolute atomic E-state index is 0.0325. The Kier molecular flexibility index (Phi) is 4.57. The third-order valence-electron chi connectivity index (χ3n) is 3.03. The van der Waals surface area contributed by atoms with Crippen LogP contribution in [0.5, 0.6) is 0 Å². The minimum Gasteiger partial charge on any atom is -0.396 e. The molecular weight excluding hydrogens is 231 g/mol. The van der Waals surface area contributed by atoms with Gasteiger partial charge in [0.15, 0.2) is 0 Å². The van der Waals surface area contributed by atoms with Crippen molar-refractivity contribution in [1.29, 1.82) is 0 Å². The lowest BCUT2D eigenvalue weighted by Gasteiger charge is -2.37. The van der Waals surface area contributed by atoms with Crippen LogP contribution in [0.2, 0.25) is 0 Å². The largest absolute Gasteiger partial charge is 0.396 e. The highest BCUT2D eigenvalue weighted by atomic mass is 19.1. The van der Waals surface area contributed by atoms with Crippen LogP contribution >= 0.6 is 0 Å². The van der Waals surface area contributed by atoms with Gasteiger partial charge >= 0.3 is 0 Å². The number of aliphatic hydroxyl groups is 1. The van der Waals surface area contributed by atoms with Gasteiger partial charge in [-0.1, -0.05) is 6.92 Å². The summed E-state index contributed by atoms with van der Waals surface area (Å²) >= 11 is 0. The first kappa shape index (κ1) is 14.8. The fourth-order valence-electron chi connectivity index (χ4n) is 2.06. The van der Waals surface area contributed by atoms with E-state index >= 15 is 0 Å². The van der Waals surface area contributed by atoms with Crippen molar-refractivity contribution >= 4 is 11.4 Å². The highest BCUT2D eigenvalue weighted by Crippen LogP contribution is 2.29. The van der Waals surface area contributed by atoms with E-state index in [4.69, 9.17) is 10.8 Å². The van der Waals surface area contributed by atoms with Gasteiger partial charge in [-0.2, -0.15) is 0 Å². The lowest BCUT2D eigenvalue weighted by Crippen LogP contribution is -2.43. The van der Waals surface area contributed by atoms with E-state index in [1.165, 1.54) is 6.07 Å². The van der Waals surface area contributed by atoms with E-state index in [0.29, 0.717) is 13.0 Å². The van der Waals surface area contributed by atoms with Crippen molar-refractivity contribution in [3.8, 4) is 0 Å². The van der Waals surface area contributed by atoms with E-state index in [1.807, 2.05) is 38.7 Å². The predicted molar refractivity (Wildman–Crippen MR) is 74.4 cm³/mol. The quantitative estimate of drug-likeness (QED) is 0.812. The fraction of sp³-hybridized carbons (Fsp3) is 0.571. The van der Waals surface area contributed by atoms with E-state index in [-0.39, 0.29) is 17.8 Å². The molecule has 0 aliphatic rings. The van der Waals surface area contributed by atoms with Crippen molar-refractivity contribution in [2.45, 2.75) is 39.7 Å². The Morgan fingerprint density at radius 3 is 2.39 bits per heavy atom. The summed E-state index contributed by atoms with van der Waals surface area (Å²) in [4.78, 5) is 1.98. The first-order valence-corrected chi connectivity index (χ1v) is 6.27. The van der Waals surface area contributed by atoms with Crippen molar-refractivity contribution < 1.29 is 9.50 Å². The zero-order valence-corrected chi connectivity index (χ0v) is 11.6. The van der Waals surface area contributed by atoms with Crippen molar-refractivity contribution in [2.75, 3.05) is 23.8 Å². The van der Waals surface area contributed by atoms with Crippen LogP contribution in [0.25, 0.3) is 0 Å². The molecule has 0 unspecified atom stereocenters. The van der Waals surface area contributed by atoms with Gasteiger partial charge in [0.2, 0.25) is 0 Å². The van der Waals surface area contributed by atoms with Crippen LogP contribution in [0.4, 0.5) is 15.8 Å². The summed E-state index contributed by atoms with van der Waals surface area (Å²) in [6.07, 6.45) is 0.688. The highest BCUT2D eigenvalue weighted by Gasteiger charge is 2.22. The SMILES string of the molecule is CCc1cc(N(CCO)C(C)(C)C)cc(F)c1N. The van der Waals surface area contributed by atoms with Crippen LogP contribution in [0.15, 0.2) is 12.1 Å². The van der Waals surface area contributed by atoms with E-state index in [0.717, 1.165) is 11.3 Å². The van der Waals surface area contributed by atoms with Gasteiger partial charge in [-0.05, 0) is 44.9 Å². The molecule has 0 aromatic heterocycles. The number of nitrogens with two attached hydrogens (primary N) is 1. The fourth-order valence-corrected chi connectivity index (χ4v) is 2.06. The van der Waals surface area contributed by atoms with Crippen LogP contribution in [0, 0.1) is 5.82 Å². The van der Waals surface area contributed by atoms with Crippen LogP contribution < -0.4 is 10.6 Å². The first-order valence-electron chi connectivity index (χ1n) is 6.27. The molecule has 0 saturated heterocycles. The molecular formula is C14H23FN2O. The molecule has 4 heteroatoms. The maximum Gasteiger partial charge on any atom is 0.148 e. The van der Waals surface area contributed by atoms with Crippen LogP contribution in [0.3, 0.4) is 0 Å². The second-order valence-electron chi connectivity index (χ2n) is 5.40. The molecule has 1 aromatic rings. The summed E-state index contributed by atoms with van der Waals surface area (Å²) in [7, 11) is 0. The lowest BCUT2D eigenvalue weighted by atomic mass is 10.0. The van der Waals surface area contributed by atoms with E-state index in [9.17, 15) is 4.39 Å². The van der Waals surface area contributed by atoms with Gasteiger partial charge in [0.25, 0.3) is 0 Å². The van der Waals surface area contributed by atoms with Crippen LogP contribution in [-0.2, 0) is 6.42 Å². The zero-order valence-electron chi connectivity index (χ0n) is 11.6. The van der Waals surface area contributed by atoms with E-state index in [2.05, 4.69) is 0 Å². The number of halogens is 1. The Morgan fingerprint density at radius 2 is 1.94 bits per heavy atom. The third kappa shape index (κ3) is 3.13. The molecule has 0 aliphatic carbocycles. The summed E-state index contributed by atoms with van der Waals surface area (Å²) in [5.74, 6) is -0.392. The van der Waals surface area contributed by atoms with Gasteiger partial charge in [-0.3, -0.25) is 0 Å². The predicted octanol–water partition coefficient (Wildman–Crippen LogP) is 2.57. The molecule has 0 radical (unpaired) electrons. The van der Waals surface area contributed by atoms with E-state index in [1.54, 1.807) is 0 Å². The highest BCUT2D eigenvalue weighted by molar-refractivity contribution is 5.60. The molecule has 0 saturated carbocycles. The minimum atomic E-state index is -0.392. The average molecular weight is 254 g/mol. The Labute approximate surface area is 108 Å². The molecule has 0 amide bonds. The number of hydrogen-bond donors (Lipinski definition) is 2. The Morgan fingerprint density at radius 1 is 1.33 bits per heavy atom. The number of β-amino-alcohol motifs (C(OH)–C–C–N with tert-alkyl or cyclic N) is 1. The number of anilines is 2. The number of aliphatic hydroxyl groups excluding tert-OH is 1. The third-order valence-corrected chi connectivity index (χ3v) is 3.03. The van der Waals surface area contributed by atoms with Gasteiger partial charge < -0.3 is 15.7 Å². The molecule has 0 fully saturated rings. The summed E-state index contributed by atoms with van der Waals surface area (Å²) in [6.45, 7) is 8.54. The molecule has 0 heterocycles. The smallest absolute Gasteiger partial charge is 0.148 e. The number of rotatable bonds is 4. The van der Waals surface area contributed by atoms with Crippen LogP contribution in [-0.4, -0.2) is 23.8 Å². The molecule has 102 valence electrons. The normalized spacial score (nSPS) is 11.7. The number of aryl methyl sites for hydroxylation is 1. The standard InChI is InChI=1S/C14H23FN2O/c1-5-10-8-11(9-12(15)13(10)16)17(6-7-18)14(2,3)4/h8-9,18H,5-7,16H2,1-4H3. The number of hydrogen-bond acceptors (Lipinski definition) is 3. The molecule has 3 N–H and O–H groups in total. The molecule has 0 atom stereocenters. The summed E-state index contributed by atoms with van der Waals surface area (Å²) in [6, 6.07) is 3.34. The topological polar surface area (TPSA) is 49.5 Å². The van der Waals surface area contributed by atoms with Crippen molar-refractivity contribution in [1.82, 2.24) is 0 Å². The Hall–Kier alpha value is -1.29. The average Bonchev–Trinajstić information content (AvgIpc) is 2.28. The molecule has 1 rings (SSSR count). The van der Waals surface area contributed by atoms with E-state index < -0.39 is 5.82 Å². The number of nitrogen functional groups attached to an aromatic ring is 1. The van der Waals surface area contributed by atoms with Crippen molar-refractivity contribution in [2.24, 2.45) is 0 Å². The number of nitrogens with zero attached hydrogens (tertiary/aromatic N) is 1. The van der Waals surface area contributed by atoms with Gasteiger partial charge in [0.1, 0.15) is 5.82 Å². The van der Waals surface area contributed by atoms with Crippen molar-refractivity contribution in [3.63, 3.8) is 0 Å². The lowest BCUT2D eigenvalue weighted by molar-refractivity contribution is 0.290. The Bertz CT molecular complexity index is 413.